The molecule has 0 aromatic carbocycles. The van der Waals surface area contributed by atoms with Crippen molar-refractivity contribution in [2.75, 3.05) is 12.8 Å². The van der Waals surface area contributed by atoms with Gasteiger partial charge in [0.15, 0.2) is 0 Å². The number of hydrogen-bond acceptors (Lipinski definition) is 4. The summed E-state index contributed by atoms with van der Waals surface area (Å²) in [4.78, 5) is 11.5. The molecule has 1 aliphatic carbocycles. The highest BCUT2D eigenvalue weighted by atomic mass is 32.2. The van der Waals surface area contributed by atoms with Gasteiger partial charge in [-0.2, -0.15) is 0 Å². The topological polar surface area (TPSA) is 75.3 Å². The van der Waals surface area contributed by atoms with Gasteiger partial charge in [-0.25, -0.2) is 8.42 Å². The summed E-state index contributed by atoms with van der Waals surface area (Å²) in [5.74, 6) is -0.0357. The van der Waals surface area contributed by atoms with Gasteiger partial charge >= 0.3 is 0 Å². The van der Waals surface area contributed by atoms with Crippen molar-refractivity contribution >= 4 is 15.7 Å². The molecule has 1 amide bonds. The molecule has 1 aliphatic rings. The normalized spacial score (nSPS) is 25.1. The molecule has 0 bridgehead atoms. The third-order valence-corrected chi connectivity index (χ3v) is 4.87. The zero-order valence-corrected chi connectivity index (χ0v) is 12.2. The summed E-state index contributed by atoms with van der Waals surface area (Å²) in [5, 5.41) is 5.70. The quantitative estimate of drug-likeness (QED) is 0.765. The van der Waals surface area contributed by atoms with Crippen LogP contribution in [0.15, 0.2) is 0 Å². The standard InChI is InChI=1S/C12H24N2O3S/c1-9(2)14-12(15)8-13-10-5-4-6-11(7-10)18(3,16)17/h9-11,13H,4-8H2,1-3H3,(H,14,15). The first-order chi connectivity index (χ1) is 8.29. The predicted octanol–water partition coefficient (Wildman–Crippen LogP) is 0.456. The zero-order chi connectivity index (χ0) is 13.8. The Kier molecular flexibility index (Phi) is 5.59. The van der Waals surface area contributed by atoms with Gasteiger partial charge in [-0.15, -0.1) is 0 Å². The lowest BCUT2D eigenvalue weighted by molar-refractivity contribution is -0.120. The molecular formula is C12H24N2O3S. The van der Waals surface area contributed by atoms with E-state index in [0.29, 0.717) is 6.42 Å². The lowest BCUT2D eigenvalue weighted by Crippen LogP contribution is -2.44. The molecule has 0 saturated heterocycles. The van der Waals surface area contributed by atoms with E-state index in [1.807, 2.05) is 13.8 Å². The van der Waals surface area contributed by atoms with Crippen molar-refractivity contribution in [3.05, 3.63) is 0 Å². The molecule has 106 valence electrons. The lowest BCUT2D eigenvalue weighted by atomic mass is 9.95. The number of carbonyl (C=O) groups is 1. The first kappa shape index (κ1) is 15.4. The predicted molar refractivity (Wildman–Crippen MR) is 72.2 cm³/mol. The molecule has 0 spiro atoms. The minimum Gasteiger partial charge on any atom is -0.353 e. The fourth-order valence-corrected chi connectivity index (χ4v) is 3.51. The monoisotopic (exact) mass is 276 g/mol. The zero-order valence-electron chi connectivity index (χ0n) is 11.4. The summed E-state index contributed by atoms with van der Waals surface area (Å²) in [6.07, 6.45) is 4.51. The van der Waals surface area contributed by atoms with Crippen LogP contribution in [0.4, 0.5) is 0 Å². The van der Waals surface area contributed by atoms with Gasteiger partial charge in [0.25, 0.3) is 0 Å². The van der Waals surface area contributed by atoms with Crippen LogP contribution in [0.1, 0.15) is 39.5 Å². The smallest absolute Gasteiger partial charge is 0.234 e. The van der Waals surface area contributed by atoms with E-state index in [1.165, 1.54) is 6.26 Å². The van der Waals surface area contributed by atoms with Crippen LogP contribution in [0.5, 0.6) is 0 Å². The van der Waals surface area contributed by atoms with E-state index >= 15 is 0 Å². The molecule has 1 fully saturated rings. The fourth-order valence-electron chi connectivity index (χ4n) is 2.33. The molecule has 5 nitrogen and oxygen atoms in total. The molecule has 18 heavy (non-hydrogen) atoms. The second kappa shape index (κ2) is 6.52. The van der Waals surface area contributed by atoms with E-state index in [-0.39, 0.29) is 29.8 Å². The van der Waals surface area contributed by atoms with Crippen molar-refractivity contribution in [3.63, 3.8) is 0 Å². The maximum atomic E-state index is 11.5. The summed E-state index contributed by atoms with van der Waals surface area (Å²) in [7, 11) is -2.96. The molecule has 6 heteroatoms. The van der Waals surface area contributed by atoms with E-state index in [2.05, 4.69) is 10.6 Å². The maximum absolute atomic E-state index is 11.5. The fraction of sp³-hybridized carbons (Fsp3) is 0.917. The molecule has 0 aromatic heterocycles. The first-order valence-electron chi connectivity index (χ1n) is 6.50. The molecular weight excluding hydrogens is 252 g/mol. The SMILES string of the molecule is CC(C)NC(=O)CNC1CCCC(S(C)(=O)=O)C1. The Morgan fingerprint density at radius 1 is 1.33 bits per heavy atom. The second-order valence-electron chi connectivity index (χ2n) is 5.42. The number of sulfone groups is 1. The minimum atomic E-state index is -2.96. The molecule has 0 aromatic rings. The molecule has 0 heterocycles. The Morgan fingerprint density at radius 2 is 2.00 bits per heavy atom. The van der Waals surface area contributed by atoms with Crippen LogP contribution in [0.2, 0.25) is 0 Å². The van der Waals surface area contributed by atoms with Gasteiger partial charge in [0, 0.05) is 18.3 Å². The third kappa shape index (κ3) is 5.35. The van der Waals surface area contributed by atoms with Gasteiger partial charge in [-0.3, -0.25) is 4.79 Å². The van der Waals surface area contributed by atoms with Crippen LogP contribution >= 0.6 is 0 Å². The highest BCUT2D eigenvalue weighted by molar-refractivity contribution is 7.91. The maximum Gasteiger partial charge on any atom is 0.234 e. The van der Waals surface area contributed by atoms with E-state index in [1.54, 1.807) is 0 Å². The minimum absolute atomic E-state index is 0.0357. The number of hydrogen-bond donors (Lipinski definition) is 2. The van der Waals surface area contributed by atoms with Crippen molar-refractivity contribution in [3.8, 4) is 0 Å². The van der Waals surface area contributed by atoms with Gasteiger partial charge in [0.1, 0.15) is 9.84 Å². The van der Waals surface area contributed by atoms with Crippen LogP contribution in [0.25, 0.3) is 0 Å². The summed E-state index contributed by atoms with van der Waals surface area (Å²) < 4.78 is 23.0. The number of nitrogens with one attached hydrogen (secondary N) is 2. The van der Waals surface area contributed by atoms with Crippen LogP contribution in [0, 0.1) is 0 Å². The highest BCUT2D eigenvalue weighted by Crippen LogP contribution is 2.23. The van der Waals surface area contributed by atoms with E-state index in [9.17, 15) is 13.2 Å². The highest BCUT2D eigenvalue weighted by Gasteiger charge is 2.28. The van der Waals surface area contributed by atoms with E-state index in [0.717, 1.165) is 19.3 Å². The van der Waals surface area contributed by atoms with Gasteiger partial charge < -0.3 is 10.6 Å². The van der Waals surface area contributed by atoms with Crippen LogP contribution in [-0.4, -0.2) is 44.5 Å². The van der Waals surface area contributed by atoms with Crippen molar-refractivity contribution in [1.82, 2.24) is 10.6 Å². The number of amides is 1. The summed E-state index contributed by atoms with van der Waals surface area (Å²) in [5.41, 5.74) is 0. The van der Waals surface area contributed by atoms with E-state index in [4.69, 9.17) is 0 Å². The second-order valence-corrected chi connectivity index (χ2v) is 7.74. The summed E-state index contributed by atoms with van der Waals surface area (Å²) in [6, 6.07) is 0.269. The third-order valence-electron chi connectivity index (χ3n) is 3.23. The van der Waals surface area contributed by atoms with Crippen molar-refractivity contribution in [1.29, 1.82) is 0 Å². The van der Waals surface area contributed by atoms with Crippen molar-refractivity contribution in [2.24, 2.45) is 0 Å². The molecule has 2 atom stereocenters. The van der Waals surface area contributed by atoms with E-state index < -0.39 is 9.84 Å². The average Bonchev–Trinajstić information content (AvgIpc) is 2.25. The first-order valence-corrected chi connectivity index (χ1v) is 8.46. The molecule has 2 N–H and O–H groups in total. The van der Waals surface area contributed by atoms with Crippen molar-refractivity contribution in [2.45, 2.75) is 56.9 Å². The molecule has 0 radical (unpaired) electrons. The van der Waals surface area contributed by atoms with Crippen LogP contribution < -0.4 is 10.6 Å². The van der Waals surface area contributed by atoms with Crippen LogP contribution in [0.3, 0.4) is 0 Å². The number of rotatable bonds is 5. The Balaban J connectivity index is 2.37. The van der Waals surface area contributed by atoms with Crippen LogP contribution in [-0.2, 0) is 14.6 Å². The molecule has 1 saturated carbocycles. The Bertz CT molecular complexity index is 379. The average molecular weight is 276 g/mol. The summed E-state index contributed by atoms with van der Waals surface area (Å²) >= 11 is 0. The molecule has 1 rings (SSSR count). The van der Waals surface area contributed by atoms with Gasteiger partial charge in [0.05, 0.1) is 11.8 Å². The van der Waals surface area contributed by atoms with Gasteiger partial charge in [-0.05, 0) is 33.1 Å². The Morgan fingerprint density at radius 3 is 2.56 bits per heavy atom. The Labute approximate surface area is 110 Å². The molecule has 0 aliphatic heterocycles. The molecule has 2 unspecified atom stereocenters. The van der Waals surface area contributed by atoms with Crippen molar-refractivity contribution < 1.29 is 13.2 Å². The van der Waals surface area contributed by atoms with Gasteiger partial charge in [0.2, 0.25) is 5.91 Å². The summed E-state index contributed by atoms with van der Waals surface area (Å²) in [6.45, 7) is 4.09. The lowest BCUT2D eigenvalue weighted by Gasteiger charge is -2.28. The Hall–Kier alpha value is -0.620. The largest absolute Gasteiger partial charge is 0.353 e. The van der Waals surface area contributed by atoms with Gasteiger partial charge in [-0.1, -0.05) is 6.42 Å². The number of carbonyl (C=O) groups excluding carboxylic acids is 1.